The number of rotatable bonds is 12. The molecule has 0 unspecified atom stereocenters. The smallest absolute Gasteiger partial charge is 0.339 e. The number of benzene rings is 3. The fraction of sp³-hybridized carbons (Fsp3) is 0.333. The Labute approximate surface area is 234 Å². The molecule has 4 rings (SSSR count). The van der Waals surface area contributed by atoms with Gasteiger partial charge in [-0.1, -0.05) is 12.1 Å². The SMILES string of the molecule is CCN(CC)c1ccc(CN(CC2CC2)C(=O)c2cccc(F)c2)c(OS(=O)(=O)c2ccc(NC(C)=O)cc2)c1. The van der Waals surface area contributed by atoms with Crippen molar-refractivity contribution >= 4 is 33.3 Å². The molecule has 212 valence electrons. The molecule has 0 atom stereocenters. The van der Waals surface area contributed by atoms with E-state index in [1.54, 1.807) is 23.1 Å². The van der Waals surface area contributed by atoms with Crippen LogP contribution in [0.3, 0.4) is 0 Å². The third-order valence-electron chi connectivity index (χ3n) is 6.74. The molecule has 2 amide bonds. The molecule has 0 bridgehead atoms. The van der Waals surface area contributed by atoms with Crippen LogP contribution in [0.5, 0.6) is 5.75 Å². The van der Waals surface area contributed by atoms with Crippen LogP contribution in [-0.2, 0) is 21.5 Å². The van der Waals surface area contributed by atoms with Crippen molar-refractivity contribution in [1.29, 1.82) is 0 Å². The fourth-order valence-electron chi connectivity index (χ4n) is 4.45. The van der Waals surface area contributed by atoms with Gasteiger partial charge in [-0.2, -0.15) is 8.42 Å². The topological polar surface area (TPSA) is 96.0 Å². The molecule has 1 aliphatic carbocycles. The maximum atomic E-state index is 13.9. The van der Waals surface area contributed by atoms with Crippen molar-refractivity contribution in [3.8, 4) is 5.75 Å². The average molecular weight is 568 g/mol. The van der Waals surface area contributed by atoms with Crippen molar-refractivity contribution in [2.75, 3.05) is 29.9 Å². The van der Waals surface area contributed by atoms with E-state index in [0.29, 0.717) is 36.8 Å². The van der Waals surface area contributed by atoms with Crippen molar-refractivity contribution in [2.24, 2.45) is 5.92 Å². The zero-order valence-electron chi connectivity index (χ0n) is 22.9. The molecule has 0 aliphatic heterocycles. The largest absolute Gasteiger partial charge is 0.379 e. The van der Waals surface area contributed by atoms with E-state index in [1.165, 1.54) is 49.4 Å². The quantitative estimate of drug-likeness (QED) is 0.293. The predicted molar refractivity (Wildman–Crippen MR) is 152 cm³/mol. The first kappa shape index (κ1) is 29.1. The van der Waals surface area contributed by atoms with E-state index in [1.807, 2.05) is 19.9 Å². The average Bonchev–Trinajstić information content (AvgIpc) is 3.74. The van der Waals surface area contributed by atoms with E-state index in [-0.39, 0.29) is 34.6 Å². The van der Waals surface area contributed by atoms with Crippen LogP contribution in [0.4, 0.5) is 15.8 Å². The Hall–Kier alpha value is -3.92. The normalized spacial score (nSPS) is 13.0. The third-order valence-corrected chi connectivity index (χ3v) is 7.99. The van der Waals surface area contributed by atoms with Crippen LogP contribution >= 0.6 is 0 Å². The van der Waals surface area contributed by atoms with Gasteiger partial charge in [0.2, 0.25) is 5.91 Å². The number of carbonyl (C=O) groups is 2. The second-order valence-electron chi connectivity index (χ2n) is 9.85. The predicted octanol–water partition coefficient (Wildman–Crippen LogP) is 5.45. The summed E-state index contributed by atoms with van der Waals surface area (Å²) < 4.78 is 46.3. The van der Waals surface area contributed by atoms with Crippen LogP contribution in [0.2, 0.25) is 0 Å². The van der Waals surface area contributed by atoms with Crippen LogP contribution in [0.1, 0.15) is 49.5 Å². The molecule has 3 aromatic carbocycles. The lowest BCUT2D eigenvalue weighted by atomic mass is 10.1. The molecular formula is C30H34FN3O5S. The Balaban J connectivity index is 1.68. The highest BCUT2D eigenvalue weighted by Crippen LogP contribution is 2.34. The standard InChI is InChI=1S/C30H34FN3O5S/c1-4-33(5-2)27-14-11-24(20-34(19-22-9-10-22)30(36)23-7-6-8-25(31)17-23)29(18-27)39-40(37,38)28-15-12-26(13-16-28)32-21(3)35/h6-8,11-18,22H,4-5,9-10,19-20H2,1-3H3,(H,32,35). The van der Waals surface area contributed by atoms with Gasteiger partial charge < -0.3 is 19.3 Å². The summed E-state index contributed by atoms with van der Waals surface area (Å²) in [6, 6.07) is 16.6. The van der Waals surface area contributed by atoms with Crippen LogP contribution in [0.15, 0.2) is 71.6 Å². The van der Waals surface area contributed by atoms with Gasteiger partial charge in [0.1, 0.15) is 16.5 Å². The second kappa shape index (κ2) is 12.5. The van der Waals surface area contributed by atoms with Crippen LogP contribution < -0.4 is 14.4 Å². The molecule has 0 aromatic heterocycles. The van der Waals surface area contributed by atoms with E-state index in [0.717, 1.165) is 18.5 Å². The highest BCUT2D eigenvalue weighted by Gasteiger charge is 2.29. The number of carbonyl (C=O) groups excluding carboxylic acids is 2. The van der Waals surface area contributed by atoms with Gasteiger partial charge in [0.15, 0.2) is 0 Å². The third kappa shape index (κ3) is 7.38. The number of amides is 2. The molecule has 40 heavy (non-hydrogen) atoms. The number of hydrogen-bond acceptors (Lipinski definition) is 6. The van der Waals surface area contributed by atoms with E-state index < -0.39 is 15.9 Å². The number of halogens is 1. The minimum Gasteiger partial charge on any atom is -0.379 e. The highest BCUT2D eigenvalue weighted by molar-refractivity contribution is 7.87. The van der Waals surface area contributed by atoms with E-state index >= 15 is 0 Å². The molecule has 0 heterocycles. The Morgan fingerprint density at radius 1 is 1.00 bits per heavy atom. The molecule has 8 nitrogen and oxygen atoms in total. The zero-order valence-corrected chi connectivity index (χ0v) is 23.7. The summed E-state index contributed by atoms with van der Waals surface area (Å²) in [6.07, 6.45) is 2.00. The molecule has 1 fully saturated rings. The fourth-order valence-corrected chi connectivity index (χ4v) is 5.41. The van der Waals surface area contributed by atoms with Gasteiger partial charge in [0.05, 0.1) is 0 Å². The summed E-state index contributed by atoms with van der Waals surface area (Å²) in [6.45, 7) is 7.35. The summed E-state index contributed by atoms with van der Waals surface area (Å²) in [4.78, 5) is 28.3. The lowest BCUT2D eigenvalue weighted by Gasteiger charge is -2.26. The molecule has 1 aliphatic rings. The first-order chi connectivity index (χ1) is 19.1. The molecular weight excluding hydrogens is 533 g/mol. The van der Waals surface area contributed by atoms with Crippen molar-refractivity contribution in [3.63, 3.8) is 0 Å². The van der Waals surface area contributed by atoms with E-state index in [2.05, 4.69) is 10.2 Å². The summed E-state index contributed by atoms with van der Waals surface area (Å²) in [5.74, 6) is -0.638. The molecule has 1 saturated carbocycles. The maximum absolute atomic E-state index is 13.9. The van der Waals surface area contributed by atoms with Crippen molar-refractivity contribution in [1.82, 2.24) is 4.90 Å². The monoisotopic (exact) mass is 567 g/mol. The molecule has 0 spiro atoms. The van der Waals surface area contributed by atoms with Gasteiger partial charge in [-0.15, -0.1) is 0 Å². The first-order valence-electron chi connectivity index (χ1n) is 13.3. The van der Waals surface area contributed by atoms with Gasteiger partial charge in [0.25, 0.3) is 5.91 Å². The van der Waals surface area contributed by atoms with E-state index in [4.69, 9.17) is 4.18 Å². The summed E-state index contributed by atoms with van der Waals surface area (Å²) in [5, 5.41) is 2.60. The van der Waals surface area contributed by atoms with Gasteiger partial charge in [0, 0.05) is 61.7 Å². The Bertz CT molecular complexity index is 1470. The molecule has 0 saturated heterocycles. The summed E-state index contributed by atoms with van der Waals surface area (Å²) >= 11 is 0. The molecule has 1 N–H and O–H groups in total. The van der Waals surface area contributed by atoms with Crippen LogP contribution in [0.25, 0.3) is 0 Å². The van der Waals surface area contributed by atoms with Crippen LogP contribution in [0, 0.1) is 11.7 Å². The number of nitrogens with zero attached hydrogens (tertiary/aromatic N) is 2. The van der Waals surface area contributed by atoms with E-state index in [9.17, 15) is 22.4 Å². The van der Waals surface area contributed by atoms with Crippen LogP contribution in [-0.4, -0.2) is 44.8 Å². The maximum Gasteiger partial charge on any atom is 0.339 e. The van der Waals surface area contributed by atoms with Gasteiger partial charge >= 0.3 is 10.1 Å². The minimum absolute atomic E-state index is 0.0773. The summed E-state index contributed by atoms with van der Waals surface area (Å²) in [7, 11) is -4.25. The van der Waals surface area contributed by atoms with Gasteiger partial charge in [-0.3, -0.25) is 9.59 Å². The lowest BCUT2D eigenvalue weighted by Crippen LogP contribution is -2.33. The molecule has 10 heteroatoms. The van der Waals surface area contributed by atoms with Crippen molar-refractivity contribution in [3.05, 3.63) is 83.7 Å². The van der Waals surface area contributed by atoms with Gasteiger partial charge in [-0.25, -0.2) is 4.39 Å². The Morgan fingerprint density at radius 2 is 1.70 bits per heavy atom. The molecule has 3 aromatic rings. The number of anilines is 2. The zero-order chi connectivity index (χ0) is 28.9. The number of hydrogen-bond donors (Lipinski definition) is 1. The van der Waals surface area contributed by atoms with Crippen molar-refractivity contribution < 1.29 is 26.6 Å². The second-order valence-corrected chi connectivity index (χ2v) is 11.4. The number of nitrogens with one attached hydrogen (secondary N) is 1. The summed E-state index contributed by atoms with van der Waals surface area (Å²) in [5.41, 5.74) is 1.99. The first-order valence-corrected chi connectivity index (χ1v) is 14.7. The van der Waals surface area contributed by atoms with Crippen molar-refractivity contribution in [2.45, 2.75) is 45.1 Å². The molecule has 0 radical (unpaired) electrons. The Kier molecular flexibility index (Phi) is 9.09. The van der Waals surface area contributed by atoms with Gasteiger partial charge in [-0.05, 0) is 81.1 Å². The Morgan fingerprint density at radius 3 is 2.30 bits per heavy atom. The lowest BCUT2D eigenvalue weighted by molar-refractivity contribution is -0.114. The minimum atomic E-state index is -4.25. The highest BCUT2D eigenvalue weighted by atomic mass is 32.2.